The van der Waals surface area contributed by atoms with Crippen molar-refractivity contribution < 1.29 is 19.4 Å². The van der Waals surface area contributed by atoms with Crippen LogP contribution in [0.5, 0.6) is 11.5 Å². The van der Waals surface area contributed by atoms with Crippen LogP contribution in [0.2, 0.25) is 0 Å². The molecule has 1 aromatic heterocycles. The van der Waals surface area contributed by atoms with Crippen molar-refractivity contribution in [2.45, 2.75) is 38.5 Å². The first-order valence-corrected chi connectivity index (χ1v) is 9.09. The highest BCUT2D eigenvalue weighted by Crippen LogP contribution is 2.32. The minimum atomic E-state index is -0.815. The summed E-state index contributed by atoms with van der Waals surface area (Å²) in [7, 11) is 1.61. The van der Waals surface area contributed by atoms with Crippen LogP contribution in [0.3, 0.4) is 0 Å². The number of hydrogen-bond acceptors (Lipinski definition) is 4. The standard InChI is InChI=1S/C19H24O4S/c1-3-4-5-10-23-17-13-15(22-2)9-8-14(17)12-16(19(20)21)18-7-6-11-24-18/h6-9,11,13,16H,3-5,10,12H2,1-2H3,(H,20,21). The largest absolute Gasteiger partial charge is 0.497 e. The van der Waals surface area contributed by atoms with Gasteiger partial charge in [-0.05, 0) is 35.9 Å². The molecule has 1 aromatic carbocycles. The Morgan fingerprint density at radius 1 is 1.29 bits per heavy atom. The highest BCUT2D eigenvalue weighted by molar-refractivity contribution is 7.10. The fraction of sp³-hybridized carbons (Fsp3) is 0.421. The number of carbonyl (C=O) groups is 1. The van der Waals surface area contributed by atoms with Gasteiger partial charge in [-0.15, -0.1) is 11.3 Å². The molecule has 2 aromatic rings. The van der Waals surface area contributed by atoms with E-state index in [0.29, 0.717) is 24.5 Å². The van der Waals surface area contributed by atoms with E-state index < -0.39 is 11.9 Å². The number of ether oxygens (including phenoxy) is 2. The predicted octanol–water partition coefficient (Wildman–Crippen LogP) is 4.74. The Bertz CT molecular complexity index is 637. The third-order valence-corrected chi connectivity index (χ3v) is 4.87. The van der Waals surface area contributed by atoms with Crippen LogP contribution in [0.15, 0.2) is 35.7 Å². The molecule has 0 aliphatic heterocycles. The maximum atomic E-state index is 11.7. The Hall–Kier alpha value is -2.01. The number of carboxylic acid groups (broad SMARTS) is 1. The molecular weight excluding hydrogens is 324 g/mol. The van der Waals surface area contributed by atoms with Gasteiger partial charge in [0.15, 0.2) is 0 Å². The molecule has 1 heterocycles. The maximum absolute atomic E-state index is 11.7. The maximum Gasteiger partial charge on any atom is 0.312 e. The summed E-state index contributed by atoms with van der Waals surface area (Å²) < 4.78 is 11.2. The van der Waals surface area contributed by atoms with Gasteiger partial charge in [0.05, 0.1) is 19.6 Å². The summed E-state index contributed by atoms with van der Waals surface area (Å²) in [5.41, 5.74) is 0.896. The molecule has 0 saturated carbocycles. The molecule has 4 nitrogen and oxygen atoms in total. The number of aliphatic carboxylic acids is 1. The Labute approximate surface area is 147 Å². The topological polar surface area (TPSA) is 55.8 Å². The number of unbranched alkanes of at least 4 members (excludes halogenated alkanes) is 2. The summed E-state index contributed by atoms with van der Waals surface area (Å²) in [6, 6.07) is 9.34. The zero-order valence-electron chi connectivity index (χ0n) is 14.2. The van der Waals surface area contributed by atoms with Crippen LogP contribution in [0.4, 0.5) is 0 Å². The van der Waals surface area contributed by atoms with Gasteiger partial charge < -0.3 is 14.6 Å². The number of hydrogen-bond donors (Lipinski definition) is 1. The fourth-order valence-corrected chi connectivity index (χ4v) is 3.34. The van der Waals surface area contributed by atoms with E-state index in [2.05, 4.69) is 6.92 Å². The van der Waals surface area contributed by atoms with Crippen LogP contribution in [-0.4, -0.2) is 24.8 Å². The molecule has 5 heteroatoms. The van der Waals surface area contributed by atoms with Gasteiger partial charge in [0.2, 0.25) is 0 Å². The van der Waals surface area contributed by atoms with Crippen molar-refractivity contribution in [2.24, 2.45) is 0 Å². The van der Waals surface area contributed by atoms with E-state index >= 15 is 0 Å². The first-order valence-electron chi connectivity index (χ1n) is 8.21. The molecule has 0 saturated heterocycles. The molecule has 0 bridgehead atoms. The molecule has 130 valence electrons. The molecule has 0 spiro atoms. The van der Waals surface area contributed by atoms with Gasteiger partial charge in [-0.25, -0.2) is 0 Å². The van der Waals surface area contributed by atoms with E-state index in [1.54, 1.807) is 7.11 Å². The second-order valence-corrected chi connectivity index (χ2v) is 6.62. The number of thiophene rings is 1. The van der Waals surface area contributed by atoms with Crippen molar-refractivity contribution in [3.8, 4) is 11.5 Å². The summed E-state index contributed by atoms with van der Waals surface area (Å²) in [4.78, 5) is 12.5. The summed E-state index contributed by atoms with van der Waals surface area (Å²) in [5.74, 6) is 0.0575. The van der Waals surface area contributed by atoms with Gasteiger partial charge in [-0.2, -0.15) is 0 Å². The highest BCUT2D eigenvalue weighted by atomic mass is 32.1. The fourth-order valence-electron chi connectivity index (χ4n) is 2.52. The molecule has 0 amide bonds. The molecule has 1 N–H and O–H groups in total. The summed E-state index contributed by atoms with van der Waals surface area (Å²) in [6.45, 7) is 2.78. The lowest BCUT2D eigenvalue weighted by atomic mass is 9.97. The minimum Gasteiger partial charge on any atom is -0.497 e. The molecule has 0 aliphatic rings. The van der Waals surface area contributed by atoms with Crippen LogP contribution in [-0.2, 0) is 11.2 Å². The van der Waals surface area contributed by atoms with E-state index in [1.165, 1.54) is 11.3 Å². The Kier molecular flexibility index (Phi) is 7.12. The molecule has 1 unspecified atom stereocenters. The number of methoxy groups -OCH3 is 1. The average molecular weight is 348 g/mol. The van der Waals surface area contributed by atoms with Gasteiger partial charge in [0, 0.05) is 10.9 Å². The van der Waals surface area contributed by atoms with Crippen LogP contribution in [0, 0.1) is 0 Å². The highest BCUT2D eigenvalue weighted by Gasteiger charge is 2.23. The zero-order valence-corrected chi connectivity index (χ0v) is 15.0. The van der Waals surface area contributed by atoms with E-state index in [0.717, 1.165) is 29.7 Å². The quantitative estimate of drug-likeness (QED) is 0.630. The Morgan fingerprint density at radius 2 is 2.12 bits per heavy atom. The Balaban J connectivity index is 2.19. The summed E-state index contributed by atoms with van der Waals surface area (Å²) >= 11 is 1.47. The SMILES string of the molecule is CCCCCOc1cc(OC)ccc1CC(C(=O)O)c1cccs1. The second-order valence-electron chi connectivity index (χ2n) is 5.64. The summed E-state index contributed by atoms with van der Waals surface area (Å²) in [6.07, 6.45) is 3.64. The van der Waals surface area contributed by atoms with Crippen molar-refractivity contribution >= 4 is 17.3 Å². The van der Waals surface area contributed by atoms with Gasteiger partial charge in [0.25, 0.3) is 0 Å². The minimum absolute atomic E-state index is 0.406. The average Bonchev–Trinajstić information content (AvgIpc) is 3.11. The lowest BCUT2D eigenvalue weighted by Gasteiger charge is -2.16. The molecule has 0 aliphatic carbocycles. The number of benzene rings is 1. The normalized spacial score (nSPS) is 11.9. The predicted molar refractivity (Wildman–Crippen MR) is 96.4 cm³/mol. The van der Waals surface area contributed by atoms with Gasteiger partial charge in [-0.3, -0.25) is 4.79 Å². The molecule has 0 fully saturated rings. The van der Waals surface area contributed by atoms with Crippen molar-refractivity contribution in [3.63, 3.8) is 0 Å². The van der Waals surface area contributed by atoms with Gasteiger partial charge in [0.1, 0.15) is 11.5 Å². The van der Waals surface area contributed by atoms with Crippen LogP contribution in [0.1, 0.15) is 42.5 Å². The monoisotopic (exact) mass is 348 g/mol. The first kappa shape index (κ1) is 18.3. The van der Waals surface area contributed by atoms with Crippen LogP contribution >= 0.6 is 11.3 Å². The van der Waals surface area contributed by atoms with Crippen molar-refractivity contribution in [1.82, 2.24) is 0 Å². The number of rotatable bonds is 10. The molecule has 0 radical (unpaired) electrons. The lowest BCUT2D eigenvalue weighted by Crippen LogP contribution is -2.14. The summed E-state index contributed by atoms with van der Waals surface area (Å²) in [5, 5.41) is 11.5. The van der Waals surface area contributed by atoms with Gasteiger partial charge >= 0.3 is 5.97 Å². The van der Waals surface area contributed by atoms with E-state index in [4.69, 9.17) is 9.47 Å². The van der Waals surface area contributed by atoms with E-state index in [-0.39, 0.29) is 0 Å². The Morgan fingerprint density at radius 3 is 2.75 bits per heavy atom. The van der Waals surface area contributed by atoms with Crippen LogP contribution < -0.4 is 9.47 Å². The molecule has 1 atom stereocenters. The first-order chi connectivity index (χ1) is 11.7. The lowest BCUT2D eigenvalue weighted by molar-refractivity contribution is -0.138. The zero-order chi connectivity index (χ0) is 17.4. The third kappa shape index (κ3) is 4.99. The third-order valence-electron chi connectivity index (χ3n) is 3.89. The molecular formula is C19H24O4S. The van der Waals surface area contributed by atoms with Crippen molar-refractivity contribution in [3.05, 3.63) is 46.2 Å². The van der Waals surface area contributed by atoms with E-state index in [1.807, 2.05) is 35.7 Å². The number of carboxylic acids is 1. The van der Waals surface area contributed by atoms with Crippen LogP contribution in [0.25, 0.3) is 0 Å². The van der Waals surface area contributed by atoms with Crippen molar-refractivity contribution in [2.75, 3.05) is 13.7 Å². The second kappa shape index (κ2) is 9.33. The van der Waals surface area contributed by atoms with Crippen molar-refractivity contribution in [1.29, 1.82) is 0 Å². The molecule has 24 heavy (non-hydrogen) atoms. The van der Waals surface area contributed by atoms with Gasteiger partial charge in [-0.1, -0.05) is 31.9 Å². The smallest absolute Gasteiger partial charge is 0.312 e. The van der Waals surface area contributed by atoms with E-state index in [9.17, 15) is 9.90 Å². The molecule has 2 rings (SSSR count).